The Hall–Kier alpha value is -3.94. The number of hydrogen-bond donors (Lipinski definition) is 0. The molecule has 1 atom stereocenters. The Bertz CT molecular complexity index is 1230. The number of carbonyl (C=O) groups excluding carboxylic acids is 3. The number of imide groups is 1. The molecule has 3 aromatic rings. The highest BCUT2D eigenvalue weighted by Gasteiger charge is 2.57. The van der Waals surface area contributed by atoms with Gasteiger partial charge in [-0.15, -0.1) is 0 Å². The predicted molar refractivity (Wildman–Crippen MR) is 129 cm³/mol. The Morgan fingerprint density at radius 1 is 1.11 bits per heavy atom. The van der Waals surface area contributed by atoms with Crippen LogP contribution in [0.2, 0.25) is 0 Å². The molecule has 1 aliphatic carbocycles. The van der Waals surface area contributed by atoms with Crippen molar-refractivity contribution in [2.24, 2.45) is 0 Å². The number of benzene rings is 2. The van der Waals surface area contributed by atoms with Crippen LogP contribution in [0.15, 0.2) is 67.0 Å². The van der Waals surface area contributed by atoms with Crippen LogP contribution >= 0.6 is 0 Å². The van der Waals surface area contributed by atoms with Gasteiger partial charge in [-0.3, -0.25) is 19.3 Å². The van der Waals surface area contributed by atoms with Crippen LogP contribution in [0.5, 0.6) is 5.75 Å². The molecule has 1 aliphatic heterocycles. The van der Waals surface area contributed by atoms with Gasteiger partial charge in [-0.25, -0.2) is 4.68 Å². The number of aromatic nitrogens is 2. The van der Waals surface area contributed by atoms with E-state index in [2.05, 4.69) is 5.10 Å². The molecule has 180 valence electrons. The summed E-state index contributed by atoms with van der Waals surface area (Å²) in [6, 6.07) is 16.8. The van der Waals surface area contributed by atoms with E-state index in [4.69, 9.17) is 4.74 Å². The molecule has 0 N–H and O–H groups in total. The molecule has 0 unspecified atom stereocenters. The second-order valence-corrected chi connectivity index (χ2v) is 9.33. The number of methoxy groups -OCH3 is 1. The smallest absolute Gasteiger partial charge is 0.241 e. The van der Waals surface area contributed by atoms with Crippen LogP contribution < -0.4 is 4.74 Å². The Morgan fingerprint density at radius 2 is 1.83 bits per heavy atom. The molecule has 1 aromatic heterocycles. The van der Waals surface area contributed by atoms with E-state index in [0.717, 1.165) is 24.1 Å². The third-order valence-corrected chi connectivity index (χ3v) is 6.91. The van der Waals surface area contributed by atoms with Gasteiger partial charge in [0.25, 0.3) is 0 Å². The number of carbonyl (C=O) groups is 3. The van der Waals surface area contributed by atoms with E-state index in [9.17, 15) is 14.4 Å². The zero-order valence-corrected chi connectivity index (χ0v) is 19.9. The monoisotopic (exact) mass is 472 g/mol. The van der Waals surface area contributed by atoms with Crippen molar-refractivity contribution < 1.29 is 19.1 Å². The van der Waals surface area contributed by atoms with Gasteiger partial charge in [-0.1, -0.05) is 24.3 Å². The highest BCUT2D eigenvalue weighted by Crippen LogP contribution is 2.44. The van der Waals surface area contributed by atoms with E-state index in [1.807, 2.05) is 36.5 Å². The van der Waals surface area contributed by atoms with Gasteiger partial charge in [0.1, 0.15) is 5.75 Å². The van der Waals surface area contributed by atoms with E-state index in [0.29, 0.717) is 17.9 Å². The molecule has 8 heteroatoms. The highest BCUT2D eigenvalue weighted by molar-refractivity contribution is 6.11. The number of nitrogens with zero attached hydrogens (tertiary/aromatic N) is 4. The molecule has 3 amide bonds. The van der Waals surface area contributed by atoms with E-state index < -0.39 is 5.41 Å². The second-order valence-electron chi connectivity index (χ2n) is 9.33. The Kier molecular flexibility index (Phi) is 5.88. The second kappa shape index (κ2) is 9.02. The van der Waals surface area contributed by atoms with E-state index >= 15 is 0 Å². The van der Waals surface area contributed by atoms with Crippen LogP contribution in [0.4, 0.5) is 0 Å². The molecule has 2 heterocycles. The first-order valence-electron chi connectivity index (χ1n) is 11.8. The van der Waals surface area contributed by atoms with E-state index in [1.54, 1.807) is 54.2 Å². The predicted octanol–water partition coefficient (Wildman–Crippen LogP) is 3.09. The van der Waals surface area contributed by atoms with E-state index in [1.165, 1.54) is 4.90 Å². The van der Waals surface area contributed by atoms with Crippen LogP contribution in [0.3, 0.4) is 0 Å². The minimum Gasteiger partial charge on any atom is -0.497 e. The molecule has 0 bridgehead atoms. The topological polar surface area (TPSA) is 84.7 Å². The number of ether oxygens (including phenoxy) is 1. The average molecular weight is 473 g/mol. The van der Waals surface area contributed by atoms with Crippen molar-refractivity contribution in [1.29, 1.82) is 0 Å². The first-order valence-corrected chi connectivity index (χ1v) is 11.8. The molecule has 2 aromatic carbocycles. The Labute approximate surface area is 204 Å². The van der Waals surface area contributed by atoms with Crippen molar-refractivity contribution >= 4 is 17.7 Å². The largest absolute Gasteiger partial charge is 0.497 e. The molecule has 8 nitrogen and oxygen atoms in total. The fraction of sp³-hybridized carbons (Fsp3) is 0.333. The maximum Gasteiger partial charge on any atom is 0.241 e. The number of likely N-dealkylation sites (tertiary alicyclic amines) is 1. The SMILES string of the molecule is COc1ccc([C@]2(CC(=O)N(C)Cc3ccc(-n4cccn4)cc3)CC(=O)N(C3CC3)C2=O)cc1. The summed E-state index contributed by atoms with van der Waals surface area (Å²) >= 11 is 0. The number of hydrogen-bond acceptors (Lipinski definition) is 5. The summed E-state index contributed by atoms with van der Waals surface area (Å²) in [4.78, 5) is 43.0. The highest BCUT2D eigenvalue weighted by atomic mass is 16.5. The molecule has 0 spiro atoms. The van der Waals surface area contributed by atoms with Crippen LogP contribution in [-0.2, 0) is 26.3 Å². The molecule has 1 saturated heterocycles. The van der Waals surface area contributed by atoms with Gasteiger partial charge in [0.05, 0.1) is 18.2 Å². The first-order chi connectivity index (χ1) is 16.9. The molecule has 1 saturated carbocycles. The summed E-state index contributed by atoms with van der Waals surface area (Å²) in [5.74, 6) is 0.0102. The van der Waals surface area contributed by atoms with Crippen molar-refractivity contribution in [3.63, 3.8) is 0 Å². The lowest BCUT2D eigenvalue weighted by Crippen LogP contribution is -2.43. The van der Waals surface area contributed by atoms with Crippen molar-refractivity contribution in [3.8, 4) is 11.4 Å². The van der Waals surface area contributed by atoms with Crippen LogP contribution in [0, 0.1) is 0 Å². The maximum atomic E-state index is 13.6. The summed E-state index contributed by atoms with van der Waals surface area (Å²) in [5, 5.41) is 4.23. The van der Waals surface area contributed by atoms with Gasteiger partial charge < -0.3 is 9.64 Å². The first kappa shape index (κ1) is 22.8. The Balaban J connectivity index is 1.36. The maximum absolute atomic E-state index is 13.6. The fourth-order valence-corrected chi connectivity index (χ4v) is 4.77. The van der Waals surface area contributed by atoms with Crippen molar-refractivity contribution in [2.45, 2.75) is 43.7 Å². The molecule has 2 fully saturated rings. The zero-order chi connectivity index (χ0) is 24.6. The Morgan fingerprint density at radius 3 is 2.43 bits per heavy atom. The minimum absolute atomic E-state index is 0.00676. The van der Waals surface area contributed by atoms with Gasteiger partial charge >= 0.3 is 0 Å². The average Bonchev–Trinajstić information content (AvgIpc) is 3.47. The van der Waals surface area contributed by atoms with Gasteiger partial charge in [-0.2, -0.15) is 5.10 Å². The number of amides is 3. The van der Waals surface area contributed by atoms with Gasteiger partial charge in [0.2, 0.25) is 17.7 Å². The molecule has 0 radical (unpaired) electrons. The third-order valence-electron chi connectivity index (χ3n) is 6.91. The lowest BCUT2D eigenvalue weighted by atomic mass is 9.75. The molecule has 2 aliphatic rings. The molecule has 5 rings (SSSR count). The lowest BCUT2D eigenvalue weighted by Gasteiger charge is -2.29. The molecular formula is C27H28N4O4. The third kappa shape index (κ3) is 4.32. The quantitative estimate of drug-likeness (QED) is 0.471. The molecule has 35 heavy (non-hydrogen) atoms. The van der Waals surface area contributed by atoms with Crippen molar-refractivity contribution in [1.82, 2.24) is 19.6 Å². The van der Waals surface area contributed by atoms with Crippen molar-refractivity contribution in [3.05, 3.63) is 78.1 Å². The van der Waals surface area contributed by atoms with Crippen LogP contribution in [0.25, 0.3) is 5.69 Å². The van der Waals surface area contributed by atoms with Gasteiger partial charge in [0, 0.05) is 44.9 Å². The van der Waals surface area contributed by atoms with Crippen LogP contribution in [-0.4, -0.2) is 57.5 Å². The lowest BCUT2D eigenvalue weighted by molar-refractivity contribution is -0.143. The minimum atomic E-state index is -1.19. The van der Waals surface area contributed by atoms with Crippen molar-refractivity contribution in [2.75, 3.05) is 14.2 Å². The normalized spacial score (nSPS) is 19.8. The fourth-order valence-electron chi connectivity index (χ4n) is 4.77. The number of rotatable bonds is 8. The van der Waals surface area contributed by atoms with E-state index in [-0.39, 0.29) is 36.6 Å². The van der Waals surface area contributed by atoms with Gasteiger partial charge in [-0.05, 0) is 54.3 Å². The summed E-state index contributed by atoms with van der Waals surface area (Å²) in [6.07, 6.45) is 5.20. The summed E-state index contributed by atoms with van der Waals surface area (Å²) in [5.41, 5.74) is 1.37. The summed E-state index contributed by atoms with van der Waals surface area (Å²) < 4.78 is 7.03. The zero-order valence-electron chi connectivity index (χ0n) is 19.9. The summed E-state index contributed by atoms with van der Waals surface area (Å²) in [7, 11) is 3.30. The summed E-state index contributed by atoms with van der Waals surface area (Å²) in [6.45, 7) is 0.394. The standard InChI is InChI=1S/C27H28N4O4/c1-29(18-19-4-8-21(9-5-19)30-15-3-14-28-30)24(32)16-27(20-6-12-23(35-2)13-7-20)17-25(33)31(26(27)34)22-10-11-22/h3-9,12-15,22H,10-11,16-18H2,1-2H3/t27-/m0/s1. The van der Waals surface area contributed by atoms with Crippen LogP contribution in [0.1, 0.15) is 36.8 Å². The molecular weight excluding hydrogens is 444 g/mol. The van der Waals surface area contributed by atoms with Gasteiger partial charge in [0.15, 0.2) is 0 Å².